The minimum Gasteiger partial charge on any atom is -0.395 e. The van der Waals surface area contributed by atoms with E-state index in [9.17, 15) is 4.39 Å². The zero-order valence-electron chi connectivity index (χ0n) is 11.0. The molecule has 0 unspecified atom stereocenters. The fraction of sp³-hybridized carbons (Fsp3) is 0.267. The van der Waals surface area contributed by atoms with Gasteiger partial charge in [-0.15, -0.1) is 0 Å². The van der Waals surface area contributed by atoms with Crippen molar-refractivity contribution in [2.24, 2.45) is 0 Å². The highest BCUT2D eigenvalue weighted by atomic mass is 35.5. The lowest BCUT2D eigenvalue weighted by molar-refractivity contribution is 0.305. The Morgan fingerprint density at radius 2 is 2.25 bits per heavy atom. The Morgan fingerprint density at radius 3 is 2.90 bits per heavy atom. The second-order valence-electron chi connectivity index (χ2n) is 4.35. The topological polar surface area (TPSA) is 38.0 Å². The smallest absolute Gasteiger partial charge is 0.138 e. The number of aliphatic hydroxyl groups is 1. The number of rotatable bonds is 3. The van der Waals surface area contributed by atoms with Crippen LogP contribution in [0.5, 0.6) is 0 Å². The number of nitrogens with zero attached hydrogens (tertiary/aromatic N) is 2. The number of hydrogen-bond donors (Lipinski definition) is 1. The molecule has 0 fully saturated rings. The van der Waals surface area contributed by atoms with E-state index in [-0.39, 0.29) is 12.4 Å². The summed E-state index contributed by atoms with van der Waals surface area (Å²) in [5.74, 6) is 5.06. The van der Waals surface area contributed by atoms with Crippen molar-refractivity contribution in [2.75, 3.05) is 6.61 Å². The molecule has 0 aliphatic heterocycles. The maximum Gasteiger partial charge on any atom is 0.138 e. The third-order valence-electron chi connectivity index (χ3n) is 2.72. The van der Waals surface area contributed by atoms with Crippen LogP contribution < -0.4 is 0 Å². The number of aromatic nitrogens is 2. The maximum atomic E-state index is 13.6. The molecule has 1 N–H and O–H groups in total. The van der Waals surface area contributed by atoms with Crippen molar-refractivity contribution in [2.45, 2.75) is 19.9 Å². The second-order valence-corrected chi connectivity index (χ2v) is 4.76. The number of benzene rings is 1. The lowest BCUT2D eigenvalue weighted by Gasteiger charge is -2.03. The summed E-state index contributed by atoms with van der Waals surface area (Å²) in [6.45, 7) is 2.30. The first kappa shape index (κ1) is 14.6. The van der Waals surface area contributed by atoms with Gasteiger partial charge in [-0.25, -0.2) is 4.39 Å². The number of aliphatic hydroxyl groups excluding tert-OH is 1. The fourth-order valence-electron chi connectivity index (χ4n) is 1.74. The molecule has 0 spiro atoms. The van der Waals surface area contributed by atoms with Crippen LogP contribution in [0.4, 0.5) is 4.39 Å². The number of hydrogen-bond acceptors (Lipinski definition) is 2. The fourth-order valence-corrected chi connectivity index (χ4v) is 1.89. The Labute approximate surface area is 122 Å². The molecule has 0 amide bonds. The van der Waals surface area contributed by atoms with Gasteiger partial charge in [-0.1, -0.05) is 29.5 Å². The minimum absolute atomic E-state index is 0.0284. The highest BCUT2D eigenvalue weighted by molar-refractivity contribution is 6.31. The van der Waals surface area contributed by atoms with E-state index in [1.807, 2.05) is 6.92 Å². The molecule has 1 heterocycles. The average Bonchev–Trinajstić information content (AvgIpc) is 2.72. The van der Waals surface area contributed by atoms with Crippen molar-refractivity contribution in [3.8, 4) is 11.8 Å². The van der Waals surface area contributed by atoms with E-state index in [1.165, 1.54) is 6.07 Å². The molecule has 20 heavy (non-hydrogen) atoms. The molecule has 5 heteroatoms. The van der Waals surface area contributed by atoms with Gasteiger partial charge in [0.2, 0.25) is 0 Å². The van der Waals surface area contributed by atoms with Crippen LogP contribution in [0.15, 0.2) is 24.4 Å². The Balaban J connectivity index is 2.21. The molecule has 0 bridgehead atoms. The quantitative estimate of drug-likeness (QED) is 0.884. The summed E-state index contributed by atoms with van der Waals surface area (Å²) in [6, 6.07) is 4.76. The van der Waals surface area contributed by atoms with E-state index in [0.717, 1.165) is 11.3 Å². The summed E-state index contributed by atoms with van der Waals surface area (Å²) in [4.78, 5) is 0. The molecule has 0 aliphatic rings. The van der Waals surface area contributed by atoms with E-state index in [2.05, 4.69) is 16.9 Å². The molecule has 1 aromatic carbocycles. The van der Waals surface area contributed by atoms with Gasteiger partial charge in [0, 0.05) is 12.6 Å². The van der Waals surface area contributed by atoms with Crippen molar-refractivity contribution >= 4 is 11.6 Å². The van der Waals surface area contributed by atoms with E-state index in [0.29, 0.717) is 23.6 Å². The first-order chi connectivity index (χ1) is 9.60. The summed E-state index contributed by atoms with van der Waals surface area (Å²) in [6.07, 6.45) is 2.06. The molecule has 3 nitrogen and oxygen atoms in total. The van der Waals surface area contributed by atoms with Crippen LogP contribution >= 0.6 is 11.6 Å². The molecule has 0 aliphatic carbocycles. The summed E-state index contributed by atoms with van der Waals surface area (Å²) in [5.41, 5.74) is 1.97. The van der Waals surface area contributed by atoms with Crippen molar-refractivity contribution in [1.82, 2.24) is 9.78 Å². The molecule has 1 aromatic heterocycles. The summed E-state index contributed by atoms with van der Waals surface area (Å²) >= 11 is 5.95. The van der Waals surface area contributed by atoms with Crippen LogP contribution in [0, 0.1) is 24.6 Å². The Kier molecular flexibility index (Phi) is 4.78. The predicted octanol–water partition coefficient (Wildman–Crippen LogP) is 2.77. The van der Waals surface area contributed by atoms with Crippen molar-refractivity contribution in [3.05, 3.63) is 52.1 Å². The van der Waals surface area contributed by atoms with Crippen LogP contribution in [0.25, 0.3) is 0 Å². The summed E-state index contributed by atoms with van der Waals surface area (Å²) in [7, 11) is 0. The molecular weight excluding hydrogens is 279 g/mol. The van der Waals surface area contributed by atoms with Crippen LogP contribution in [0.1, 0.15) is 23.2 Å². The van der Waals surface area contributed by atoms with Gasteiger partial charge in [-0.3, -0.25) is 4.68 Å². The third kappa shape index (κ3) is 3.60. The molecule has 2 aromatic rings. The summed E-state index contributed by atoms with van der Waals surface area (Å²) < 4.78 is 15.3. The van der Waals surface area contributed by atoms with E-state index >= 15 is 0 Å². The van der Waals surface area contributed by atoms with E-state index in [1.54, 1.807) is 23.0 Å². The highest BCUT2D eigenvalue weighted by Crippen LogP contribution is 2.15. The monoisotopic (exact) mass is 292 g/mol. The highest BCUT2D eigenvalue weighted by Gasteiger charge is 2.05. The van der Waals surface area contributed by atoms with Gasteiger partial charge in [0.15, 0.2) is 0 Å². The molecule has 0 saturated heterocycles. The van der Waals surface area contributed by atoms with Gasteiger partial charge in [0.1, 0.15) is 5.82 Å². The molecule has 104 valence electrons. The predicted molar refractivity (Wildman–Crippen MR) is 76.1 cm³/mol. The number of halogens is 2. The van der Waals surface area contributed by atoms with Crippen LogP contribution in [-0.4, -0.2) is 21.5 Å². The Morgan fingerprint density at radius 1 is 1.45 bits per heavy atom. The zero-order valence-corrected chi connectivity index (χ0v) is 11.8. The van der Waals surface area contributed by atoms with Crippen molar-refractivity contribution in [1.29, 1.82) is 0 Å². The SMILES string of the molecule is Cc1nn(Cc2ccc(F)c(C#CCCO)c2)cc1Cl. The van der Waals surface area contributed by atoms with Gasteiger partial charge in [-0.05, 0) is 24.6 Å². The standard InChI is InChI=1S/C15H14ClFN2O/c1-11-14(16)10-19(18-11)9-12-5-6-15(17)13(8-12)4-2-3-7-20/h5-6,8,10,20H,3,7,9H2,1H3. The lowest BCUT2D eigenvalue weighted by Crippen LogP contribution is -2.01. The first-order valence-corrected chi connectivity index (χ1v) is 6.55. The Bertz CT molecular complexity index is 651. The van der Waals surface area contributed by atoms with Gasteiger partial charge >= 0.3 is 0 Å². The first-order valence-electron chi connectivity index (χ1n) is 6.18. The third-order valence-corrected chi connectivity index (χ3v) is 3.09. The van der Waals surface area contributed by atoms with E-state index < -0.39 is 0 Å². The van der Waals surface area contributed by atoms with Gasteiger partial charge < -0.3 is 5.11 Å². The summed E-state index contributed by atoms with van der Waals surface area (Å²) in [5, 5.41) is 13.5. The minimum atomic E-state index is -0.367. The molecular formula is C15H14ClFN2O. The van der Waals surface area contributed by atoms with Gasteiger partial charge in [-0.2, -0.15) is 5.10 Å². The zero-order chi connectivity index (χ0) is 14.5. The Hall–Kier alpha value is -1.83. The molecule has 2 rings (SSSR count). The second kappa shape index (κ2) is 6.56. The van der Waals surface area contributed by atoms with Crippen LogP contribution in [0.2, 0.25) is 5.02 Å². The normalized spacial score (nSPS) is 10.2. The van der Waals surface area contributed by atoms with Crippen LogP contribution in [-0.2, 0) is 6.54 Å². The van der Waals surface area contributed by atoms with Gasteiger partial charge in [0.25, 0.3) is 0 Å². The van der Waals surface area contributed by atoms with Crippen LogP contribution in [0.3, 0.4) is 0 Å². The largest absolute Gasteiger partial charge is 0.395 e. The molecule has 0 radical (unpaired) electrons. The number of aryl methyl sites for hydroxylation is 1. The molecule has 0 saturated carbocycles. The van der Waals surface area contributed by atoms with Crippen molar-refractivity contribution in [3.63, 3.8) is 0 Å². The van der Waals surface area contributed by atoms with Gasteiger partial charge in [0.05, 0.1) is 29.4 Å². The maximum absolute atomic E-state index is 13.6. The average molecular weight is 293 g/mol. The lowest BCUT2D eigenvalue weighted by atomic mass is 10.1. The molecule has 0 atom stereocenters. The van der Waals surface area contributed by atoms with Crippen molar-refractivity contribution < 1.29 is 9.50 Å². The van der Waals surface area contributed by atoms with E-state index in [4.69, 9.17) is 16.7 Å².